The molecule has 0 saturated carbocycles. The highest BCUT2D eigenvalue weighted by Gasteiger charge is 2.03. The Kier molecular flexibility index (Phi) is 4.42. The number of benzene rings is 1. The van der Waals surface area contributed by atoms with E-state index < -0.39 is 0 Å². The van der Waals surface area contributed by atoms with Gasteiger partial charge in [-0.05, 0) is 31.5 Å². The van der Waals surface area contributed by atoms with Crippen LogP contribution >= 0.6 is 15.9 Å². The molecule has 14 heavy (non-hydrogen) atoms. The molecular weight excluding hydrogens is 242 g/mol. The number of halogens is 1. The molecule has 1 unspecified atom stereocenters. The van der Waals surface area contributed by atoms with Gasteiger partial charge in [-0.2, -0.15) is 0 Å². The summed E-state index contributed by atoms with van der Waals surface area (Å²) in [5.41, 5.74) is 0.930. The lowest BCUT2D eigenvalue weighted by Gasteiger charge is -2.12. The van der Waals surface area contributed by atoms with Crippen LogP contribution in [-0.2, 0) is 6.54 Å². The molecule has 1 aromatic rings. The van der Waals surface area contributed by atoms with Crippen LogP contribution in [0.25, 0.3) is 0 Å². The van der Waals surface area contributed by atoms with Gasteiger partial charge in [-0.3, -0.25) is 0 Å². The molecule has 3 heteroatoms. The molecule has 0 aliphatic rings. The second-order valence-electron chi connectivity index (χ2n) is 3.46. The quantitative estimate of drug-likeness (QED) is 0.870. The predicted octanol–water partition coefficient (Wildman–Crippen LogP) is 3.04. The molecule has 0 aromatic heterocycles. The Hall–Kier alpha value is -0.540. The molecule has 0 spiro atoms. The van der Waals surface area contributed by atoms with E-state index in [0.717, 1.165) is 16.5 Å². The molecule has 0 aliphatic carbocycles. The van der Waals surface area contributed by atoms with Crippen LogP contribution in [0.4, 0.5) is 0 Å². The molecule has 0 heterocycles. The van der Waals surface area contributed by atoms with Crippen molar-refractivity contribution in [2.45, 2.75) is 32.9 Å². The third kappa shape index (κ3) is 3.31. The zero-order valence-corrected chi connectivity index (χ0v) is 10.1. The van der Waals surface area contributed by atoms with Crippen molar-refractivity contribution in [1.29, 1.82) is 0 Å². The summed E-state index contributed by atoms with van der Waals surface area (Å²) in [5, 5.41) is 12.9. The van der Waals surface area contributed by atoms with E-state index in [0.29, 0.717) is 18.3 Å². The van der Waals surface area contributed by atoms with E-state index >= 15 is 0 Å². The van der Waals surface area contributed by atoms with Crippen LogP contribution in [0.2, 0.25) is 0 Å². The molecule has 0 radical (unpaired) electrons. The summed E-state index contributed by atoms with van der Waals surface area (Å²) in [6.07, 6.45) is 1.09. The predicted molar refractivity (Wildman–Crippen MR) is 62.4 cm³/mol. The monoisotopic (exact) mass is 257 g/mol. The lowest BCUT2D eigenvalue weighted by Crippen LogP contribution is -2.24. The lowest BCUT2D eigenvalue weighted by atomic mass is 10.2. The van der Waals surface area contributed by atoms with Gasteiger partial charge in [0.25, 0.3) is 0 Å². The van der Waals surface area contributed by atoms with Crippen molar-refractivity contribution in [3.63, 3.8) is 0 Å². The fourth-order valence-electron chi connectivity index (χ4n) is 1.12. The van der Waals surface area contributed by atoms with E-state index in [1.54, 1.807) is 6.07 Å². The number of hydrogen-bond donors (Lipinski definition) is 2. The Labute approximate surface area is 93.5 Å². The van der Waals surface area contributed by atoms with Crippen molar-refractivity contribution in [3.05, 3.63) is 28.2 Å². The standard InChI is InChI=1S/C11H16BrNO/c1-3-8(2)13-7-9-6-10(12)4-5-11(9)14/h4-6,8,13-14H,3,7H2,1-2H3. The van der Waals surface area contributed by atoms with Crippen LogP contribution in [0.15, 0.2) is 22.7 Å². The zero-order valence-electron chi connectivity index (χ0n) is 8.55. The molecule has 0 bridgehead atoms. The maximum atomic E-state index is 9.56. The topological polar surface area (TPSA) is 32.3 Å². The summed E-state index contributed by atoms with van der Waals surface area (Å²) in [6, 6.07) is 5.96. The molecular formula is C11H16BrNO. The molecule has 2 nitrogen and oxygen atoms in total. The number of aromatic hydroxyl groups is 1. The maximum absolute atomic E-state index is 9.56. The minimum Gasteiger partial charge on any atom is -0.508 e. The summed E-state index contributed by atoms with van der Waals surface area (Å²) in [5.74, 6) is 0.351. The molecule has 1 atom stereocenters. The number of phenolic OH excluding ortho intramolecular Hbond substituents is 1. The van der Waals surface area contributed by atoms with E-state index in [9.17, 15) is 5.11 Å². The lowest BCUT2D eigenvalue weighted by molar-refractivity contribution is 0.457. The zero-order chi connectivity index (χ0) is 10.6. The van der Waals surface area contributed by atoms with Crippen molar-refractivity contribution < 1.29 is 5.11 Å². The van der Waals surface area contributed by atoms with Gasteiger partial charge in [-0.25, -0.2) is 0 Å². The Morgan fingerprint density at radius 1 is 1.50 bits per heavy atom. The minimum absolute atomic E-state index is 0.351. The number of rotatable bonds is 4. The van der Waals surface area contributed by atoms with Gasteiger partial charge in [0, 0.05) is 22.6 Å². The van der Waals surface area contributed by atoms with Gasteiger partial charge < -0.3 is 10.4 Å². The molecule has 0 fully saturated rings. The first-order chi connectivity index (χ1) is 6.63. The summed E-state index contributed by atoms with van der Waals surface area (Å²) in [4.78, 5) is 0. The average molecular weight is 258 g/mol. The third-order valence-electron chi connectivity index (χ3n) is 2.29. The minimum atomic E-state index is 0.351. The van der Waals surface area contributed by atoms with Crippen molar-refractivity contribution in [2.24, 2.45) is 0 Å². The van der Waals surface area contributed by atoms with Crippen molar-refractivity contribution in [2.75, 3.05) is 0 Å². The molecule has 2 N–H and O–H groups in total. The van der Waals surface area contributed by atoms with Crippen molar-refractivity contribution in [3.8, 4) is 5.75 Å². The second kappa shape index (κ2) is 5.37. The highest BCUT2D eigenvalue weighted by atomic mass is 79.9. The van der Waals surface area contributed by atoms with Crippen LogP contribution in [0, 0.1) is 0 Å². The van der Waals surface area contributed by atoms with Crippen LogP contribution in [0.3, 0.4) is 0 Å². The van der Waals surface area contributed by atoms with Gasteiger partial charge in [0.15, 0.2) is 0 Å². The van der Waals surface area contributed by atoms with Crippen LogP contribution in [0.1, 0.15) is 25.8 Å². The van der Waals surface area contributed by atoms with Gasteiger partial charge in [0.2, 0.25) is 0 Å². The van der Waals surface area contributed by atoms with Crippen LogP contribution in [-0.4, -0.2) is 11.1 Å². The second-order valence-corrected chi connectivity index (χ2v) is 4.38. The SMILES string of the molecule is CCC(C)NCc1cc(Br)ccc1O. The van der Waals surface area contributed by atoms with E-state index in [1.807, 2.05) is 12.1 Å². The van der Waals surface area contributed by atoms with Crippen LogP contribution < -0.4 is 5.32 Å². The van der Waals surface area contributed by atoms with Crippen LogP contribution in [0.5, 0.6) is 5.75 Å². The first-order valence-corrected chi connectivity index (χ1v) is 5.63. The van der Waals surface area contributed by atoms with E-state index in [2.05, 4.69) is 35.1 Å². The van der Waals surface area contributed by atoms with E-state index in [-0.39, 0.29) is 0 Å². The molecule has 0 amide bonds. The Balaban J connectivity index is 2.62. The molecule has 0 saturated heterocycles. The number of hydrogen-bond acceptors (Lipinski definition) is 2. The highest BCUT2D eigenvalue weighted by molar-refractivity contribution is 9.10. The summed E-state index contributed by atoms with van der Waals surface area (Å²) in [6.45, 7) is 4.98. The first-order valence-electron chi connectivity index (χ1n) is 4.84. The largest absolute Gasteiger partial charge is 0.508 e. The molecule has 1 rings (SSSR count). The van der Waals surface area contributed by atoms with Gasteiger partial charge in [0.05, 0.1) is 0 Å². The third-order valence-corrected chi connectivity index (χ3v) is 2.79. The summed E-state index contributed by atoms with van der Waals surface area (Å²) < 4.78 is 0.997. The van der Waals surface area contributed by atoms with E-state index in [1.165, 1.54) is 0 Å². The fourth-order valence-corrected chi connectivity index (χ4v) is 1.53. The molecule has 0 aliphatic heterocycles. The van der Waals surface area contributed by atoms with Crippen molar-refractivity contribution >= 4 is 15.9 Å². The van der Waals surface area contributed by atoms with Gasteiger partial charge in [-0.15, -0.1) is 0 Å². The Bertz CT molecular complexity index is 301. The van der Waals surface area contributed by atoms with Gasteiger partial charge >= 0.3 is 0 Å². The number of nitrogens with one attached hydrogen (secondary N) is 1. The Morgan fingerprint density at radius 3 is 2.86 bits per heavy atom. The normalized spacial score (nSPS) is 12.8. The smallest absolute Gasteiger partial charge is 0.120 e. The molecule has 1 aromatic carbocycles. The maximum Gasteiger partial charge on any atom is 0.120 e. The Morgan fingerprint density at radius 2 is 2.21 bits per heavy atom. The average Bonchev–Trinajstić information content (AvgIpc) is 2.19. The first kappa shape index (κ1) is 11.5. The highest BCUT2D eigenvalue weighted by Crippen LogP contribution is 2.21. The summed E-state index contributed by atoms with van der Waals surface area (Å²) >= 11 is 3.38. The van der Waals surface area contributed by atoms with Crippen molar-refractivity contribution in [1.82, 2.24) is 5.32 Å². The van der Waals surface area contributed by atoms with Gasteiger partial charge in [0.1, 0.15) is 5.75 Å². The number of phenols is 1. The van der Waals surface area contributed by atoms with Gasteiger partial charge in [-0.1, -0.05) is 22.9 Å². The molecule has 78 valence electrons. The summed E-state index contributed by atoms with van der Waals surface area (Å²) in [7, 11) is 0. The van der Waals surface area contributed by atoms with E-state index in [4.69, 9.17) is 0 Å². The fraction of sp³-hybridized carbons (Fsp3) is 0.455.